The van der Waals surface area contributed by atoms with E-state index in [0.717, 1.165) is 19.3 Å². The van der Waals surface area contributed by atoms with E-state index in [0.29, 0.717) is 10.2 Å². The van der Waals surface area contributed by atoms with Crippen molar-refractivity contribution in [1.29, 1.82) is 0 Å². The predicted molar refractivity (Wildman–Crippen MR) is 80.9 cm³/mol. The highest BCUT2D eigenvalue weighted by Crippen LogP contribution is 2.43. The highest BCUT2D eigenvalue weighted by atomic mass is 79.9. The lowest BCUT2D eigenvalue weighted by Gasteiger charge is -2.26. The highest BCUT2D eigenvalue weighted by molar-refractivity contribution is 9.10. The van der Waals surface area contributed by atoms with Crippen molar-refractivity contribution in [3.63, 3.8) is 0 Å². The van der Waals surface area contributed by atoms with Crippen molar-refractivity contribution >= 4 is 33.5 Å². The van der Waals surface area contributed by atoms with Gasteiger partial charge in [-0.3, -0.25) is 4.79 Å². The summed E-state index contributed by atoms with van der Waals surface area (Å²) in [6.45, 7) is 4.24. The number of hydrogen-bond donors (Lipinski definition) is 2. The van der Waals surface area contributed by atoms with Crippen LogP contribution in [0.3, 0.4) is 0 Å². The molecule has 0 radical (unpaired) electrons. The second-order valence-electron chi connectivity index (χ2n) is 5.92. The molecule has 0 saturated heterocycles. The van der Waals surface area contributed by atoms with Gasteiger partial charge in [0, 0.05) is 10.4 Å². The molecule has 1 aromatic rings. The Morgan fingerprint density at radius 2 is 2.10 bits per heavy atom. The number of halogens is 1. The molecule has 5 heteroatoms. The molecule has 108 valence electrons. The summed E-state index contributed by atoms with van der Waals surface area (Å²) in [4.78, 5) is 23.2. The van der Waals surface area contributed by atoms with Crippen LogP contribution in [0.5, 0.6) is 0 Å². The minimum absolute atomic E-state index is 0.00792. The fraction of sp³-hybridized carbons (Fsp3) is 0.467. The number of nitrogens with one attached hydrogen (secondary N) is 1. The van der Waals surface area contributed by atoms with Gasteiger partial charge in [-0.2, -0.15) is 0 Å². The van der Waals surface area contributed by atoms with Gasteiger partial charge in [-0.15, -0.1) is 0 Å². The summed E-state index contributed by atoms with van der Waals surface area (Å²) in [5.41, 5.74) is 0.830. The fourth-order valence-electron chi connectivity index (χ4n) is 2.78. The summed E-state index contributed by atoms with van der Waals surface area (Å²) in [5.74, 6) is -0.967. The van der Waals surface area contributed by atoms with Gasteiger partial charge < -0.3 is 10.4 Å². The van der Waals surface area contributed by atoms with Crippen LogP contribution < -0.4 is 5.32 Å². The maximum Gasteiger partial charge on any atom is 0.335 e. The van der Waals surface area contributed by atoms with Gasteiger partial charge in [0.05, 0.1) is 11.3 Å². The van der Waals surface area contributed by atoms with Crippen LogP contribution in [0.15, 0.2) is 22.7 Å². The average molecular weight is 340 g/mol. The Balaban J connectivity index is 2.14. The molecule has 1 fully saturated rings. The van der Waals surface area contributed by atoms with E-state index in [4.69, 9.17) is 5.11 Å². The number of anilines is 1. The first-order chi connectivity index (χ1) is 9.31. The molecule has 20 heavy (non-hydrogen) atoms. The van der Waals surface area contributed by atoms with Crippen molar-refractivity contribution in [1.82, 2.24) is 0 Å². The number of carboxylic acids is 1. The molecule has 0 aliphatic heterocycles. The third-order valence-corrected chi connectivity index (χ3v) is 4.70. The maximum absolute atomic E-state index is 12.4. The number of carbonyl (C=O) groups excluding carboxylic acids is 1. The number of carbonyl (C=O) groups is 2. The second-order valence-corrected chi connectivity index (χ2v) is 6.78. The molecule has 0 bridgehead atoms. The number of hydrogen-bond acceptors (Lipinski definition) is 2. The number of rotatable bonds is 3. The van der Waals surface area contributed by atoms with Crippen LogP contribution in [0.2, 0.25) is 0 Å². The van der Waals surface area contributed by atoms with Crippen molar-refractivity contribution in [2.45, 2.75) is 33.1 Å². The normalized spacial score (nSPS) is 20.6. The Morgan fingerprint density at radius 3 is 2.60 bits per heavy atom. The quantitative estimate of drug-likeness (QED) is 0.877. The summed E-state index contributed by atoms with van der Waals surface area (Å²) in [6.07, 6.45) is 3.04. The molecule has 0 aromatic heterocycles. The largest absolute Gasteiger partial charge is 0.478 e. The molecule has 2 N–H and O–H groups in total. The minimum Gasteiger partial charge on any atom is -0.478 e. The van der Waals surface area contributed by atoms with Crippen LogP contribution in [0, 0.1) is 11.3 Å². The zero-order valence-corrected chi connectivity index (χ0v) is 13.2. The van der Waals surface area contributed by atoms with Crippen LogP contribution in [0.1, 0.15) is 43.5 Å². The van der Waals surface area contributed by atoms with Gasteiger partial charge in [0.15, 0.2) is 0 Å². The Kier molecular flexibility index (Phi) is 4.18. The molecule has 1 aromatic carbocycles. The van der Waals surface area contributed by atoms with E-state index in [1.807, 2.05) is 0 Å². The van der Waals surface area contributed by atoms with Crippen molar-refractivity contribution < 1.29 is 14.7 Å². The Hall–Kier alpha value is -1.36. The lowest BCUT2D eigenvalue weighted by atomic mass is 9.81. The molecule has 4 nitrogen and oxygen atoms in total. The average Bonchev–Trinajstić information content (AvgIpc) is 2.71. The summed E-state index contributed by atoms with van der Waals surface area (Å²) in [5, 5.41) is 11.8. The Morgan fingerprint density at radius 1 is 1.40 bits per heavy atom. The Bertz CT molecular complexity index is 554. The molecule has 1 aliphatic rings. The zero-order chi connectivity index (χ0) is 14.9. The van der Waals surface area contributed by atoms with Gasteiger partial charge in [-0.25, -0.2) is 4.79 Å². The molecule has 1 saturated carbocycles. The number of benzene rings is 1. The van der Waals surface area contributed by atoms with Crippen LogP contribution >= 0.6 is 15.9 Å². The third kappa shape index (κ3) is 3.03. The molecule has 0 heterocycles. The van der Waals surface area contributed by atoms with E-state index in [2.05, 4.69) is 35.1 Å². The minimum atomic E-state index is -0.986. The topological polar surface area (TPSA) is 66.4 Å². The predicted octanol–water partition coefficient (Wildman–Crippen LogP) is 3.91. The van der Waals surface area contributed by atoms with Crippen molar-refractivity contribution in [2.75, 3.05) is 5.32 Å². The van der Waals surface area contributed by atoms with Crippen LogP contribution in [0.4, 0.5) is 5.69 Å². The van der Waals surface area contributed by atoms with E-state index in [9.17, 15) is 9.59 Å². The monoisotopic (exact) mass is 339 g/mol. The van der Waals surface area contributed by atoms with E-state index in [1.165, 1.54) is 12.1 Å². The van der Waals surface area contributed by atoms with Gasteiger partial charge in [-0.05, 0) is 52.4 Å². The third-order valence-electron chi connectivity index (χ3n) is 4.05. The highest BCUT2D eigenvalue weighted by Gasteiger charge is 2.39. The summed E-state index contributed by atoms with van der Waals surface area (Å²) in [6, 6.07) is 4.60. The Labute approximate surface area is 126 Å². The van der Waals surface area contributed by atoms with Crippen molar-refractivity contribution in [3.05, 3.63) is 28.2 Å². The standard InChI is InChI=1S/C15H18BrNO3/c1-15(2)7-3-4-10(15)13(18)17-12-6-5-9(14(19)20)8-11(12)16/h5-6,8,10H,3-4,7H2,1-2H3,(H,17,18)(H,19,20). The first-order valence-electron chi connectivity index (χ1n) is 6.65. The molecule has 1 atom stereocenters. The molecule has 0 spiro atoms. The molecule has 1 aliphatic carbocycles. The fourth-order valence-corrected chi connectivity index (χ4v) is 3.26. The van der Waals surface area contributed by atoms with E-state index in [-0.39, 0.29) is 22.8 Å². The molecule has 1 amide bonds. The number of carboxylic acid groups (broad SMARTS) is 1. The smallest absolute Gasteiger partial charge is 0.335 e. The van der Waals surface area contributed by atoms with Gasteiger partial charge in [0.25, 0.3) is 0 Å². The molecular formula is C15H18BrNO3. The van der Waals surface area contributed by atoms with Gasteiger partial charge in [0.2, 0.25) is 5.91 Å². The summed E-state index contributed by atoms with van der Waals surface area (Å²) < 4.78 is 0.585. The maximum atomic E-state index is 12.4. The molecule has 2 rings (SSSR count). The lowest BCUT2D eigenvalue weighted by molar-refractivity contribution is -0.122. The van der Waals surface area contributed by atoms with E-state index < -0.39 is 5.97 Å². The first-order valence-corrected chi connectivity index (χ1v) is 7.44. The molecule has 1 unspecified atom stereocenters. The SMILES string of the molecule is CC1(C)CCCC1C(=O)Nc1ccc(C(=O)O)cc1Br. The van der Waals surface area contributed by atoms with Crippen molar-refractivity contribution in [3.8, 4) is 0 Å². The van der Waals surface area contributed by atoms with Crippen LogP contribution in [-0.2, 0) is 4.79 Å². The summed E-state index contributed by atoms with van der Waals surface area (Å²) in [7, 11) is 0. The van der Waals surface area contributed by atoms with Gasteiger partial charge >= 0.3 is 5.97 Å². The van der Waals surface area contributed by atoms with Crippen LogP contribution in [-0.4, -0.2) is 17.0 Å². The zero-order valence-electron chi connectivity index (χ0n) is 11.6. The van der Waals surface area contributed by atoms with E-state index in [1.54, 1.807) is 6.07 Å². The van der Waals surface area contributed by atoms with Gasteiger partial charge in [-0.1, -0.05) is 20.3 Å². The lowest BCUT2D eigenvalue weighted by Crippen LogP contribution is -2.30. The molecular weight excluding hydrogens is 322 g/mol. The van der Waals surface area contributed by atoms with Crippen LogP contribution in [0.25, 0.3) is 0 Å². The first kappa shape index (κ1) is 15.0. The van der Waals surface area contributed by atoms with Gasteiger partial charge in [0.1, 0.15) is 0 Å². The summed E-state index contributed by atoms with van der Waals surface area (Å²) >= 11 is 3.30. The number of aromatic carboxylic acids is 1. The van der Waals surface area contributed by atoms with Crippen molar-refractivity contribution in [2.24, 2.45) is 11.3 Å². The number of amides is 1. The second kappa shape index (κ2) is 5.56. The van der Waals surface area contributed by atoms with E-state index >= 15 is 0 Å².